The minimum Gasteiger partial charge on any atom is -0.334 e. The second kappa shape index (κ2) is 7.13. The van der Waals surface area contributed by atoms with Crippen molar-refractivity contribution in [2.45, 2.75) is 52.0 Å². The van der Waals surface area contributed by atoms with Crippen LogP contribution in [0.1, 0.15) is 61.3 Å². The molecule has 1 aromatic heterocycles. The molecule has 1 atom stereocenters. The van der Waals surface area contributed by atoms with Gasteiger partial charge in [0.15, 0.2) is 0 Å². The van der Waals surface area contributed by atoms with Crippen LogP contribution in [0.2, 0.25) is 0 Å². The Morgan fingerprint density at radius 1 is 1.55 bits per heavy atom. The van der Waals surface area contributed by atoms with Crippen LogP contribution in [-0.2, 0) is 0 Å². The molecule has 1 amide bonds. The number of carbonyl (C=O) groups excluding carboxylic acids is 1. The van der Waals surface area contributed by atoms with E-state index in [9.17, 15) is 4.79 Å². The predicted molar refractivity (Wildman–Crippen MR) is 81.2 cm³/mol. The van der Waals surface area contributed by atoms with Gasteiger partial charge in [-0.05, 0) is 43.3 Å². The molecule has 1 saturated heterocycles. The molecule has 1 aliphatic heterocycles. The molecule has 0 spiro atoms. The normalized spacial score (nSPS) is 19.3. The van der Waals surface area contributed by atoms with Gasteiger partial charge >= 0.3 is 0 Å². The van der Waals surface area contributed by atoms with Crippen LogP contribution < -0.4 is 5.32 Å². The third-order valence-electron chi connectivity index (χ3n) is 3.69. The van der Waals surface area contributed by atoms with Gasteiger partial charge in [-0.1, -0.05) is 25.3 Å². The topological polar surface area (TPSA) is 58.1 Å². The van der Waals surface area contributed by atoms with E-state index in [2.05, 4.69) is 35.7 Å². The van der Waals surface area contributed by atoms with Crippen LogP contribution in [0.4, 0.5) is 0 Å². The van der Waals surface area contributed by atoms with Crippen LogP contribution >= 0.6 is 11.5 Å². The molecule has 20 heavy (non-hydrogen) atoms. The zero-order valence-electron chi connectivity index (χ0n) is 12.6. The summed E-state index contributed by atoms with van der Waals surface area (Å²) in [6.45, 7) is 8.99. The highest BCUT2D eigenvalue weighted by atomic mass is 32.1. The van der Waals surface area contributed by atoms with Crippen LogP contribution in [0.5, 0.6) is 0 Å². The number of hydrogen-bond acceptors (Lipinski definition) is 5. The van der Waals surface area contributed by atoms with Gasteiger partial charge in [0, 0.05) is 19.1 Å². The van der Waals surface area contributed by atoms with Crippen LogP contribution in [0.15, 0.2) is 0 Å². The van der Waals surface area contributed by atoms with E-state index in [-0.39, 0.29) is 11.8 Å². The lowest BCUT2D eigenvalue weighted by Gasteiger charge is -2.34. The molecule has 112 valence electrons. The fourth-order valence-corrected chi connectivity index (χ4v) is 3.42. The van der Waals surface area contributed by atoms with Gasteiger partial charge in [-0.3, -0.25) is 4.79 Å². The summed E-state index contributed by atoms with van der Waals surface area (Å²) >= 11 is 1.23. The first-order valence-electron chi connectivity index (χ1n) is 7.49. The van der Waals surface area contributed by atoms with Crippen molar-refractivity contribution >= 4 is 17.4 Å². The number of rotatable bonds is 5. The SMILES string of the molecule is CCCN(C(=O)c1snnc1C(C)C)C1CCCNC1. The van der Waals surface area contributed by atoms with E-state index in [1.807, 2.05) is 4.90 Å². The number of piperidine rings is 1. The summed E-state index contributed by atoms with van der Waals surface area (Å²) in [6.07, 6.45) is 3.20. The number of aromatic nitrogens is 2. The van der Waals surface area contributed by atoms with E-state index >= 15 is 0 Å². The van der Waals surface area contributed by atoms with Crippen molar-refractivity contribution in [1.82, 2.24) is 19.8 Å². The molecule has 5 nitrogen and oxygen atoms in total. The first-order chi connectivity index (χ1) is 9.65. The van der Waals surface area contributed by atoms with Crippen LogP contribution in [0.3, 0.4) is 0 Å². The molecule has 0 saturated carbocycles. The van der Waals surface area contributed by atoms with E-state index in [0.717, 1.165) is 49.5 Å². The van der Waals surface area contributed by atoms with Gasteiger partial charge in [0.1, 0.15) is 4.88 Å². The van der Waals surface area contributed by atoms with Crippen molar-refractivity contribution in [3.05, 3.63) is 10.6 Å². The van der Waals surface area contributed by atoms with Crippen molar-refractivity contribution in [2.24, 2.45) is 0 Å². The lowest BCUT2D eigenvalue weighted by molar-refractivity contribution is 0.0652. The Morgan fingerprint density at radius 3 is 2.95 bits per heavy atom. The van der Waals surface area contributed by atoms with Gasteiger partial charge in [-0.2, -0.15) is 0 Å². The molecule has 0 radical (unpaired) electrons. The summed E-state index contributed by atoms with van der Waals surface area (Å²) in [5.41, 5.74) is 0.838. The van der Waals surface area contributed by atoms with Crippen molar-refractivity contribution in [1.29, 1.82) is 0 Å². The Morgan fingerprint density at radius 2 is 2.35 bits per heavy atom. The quantitative estimate of drug-likeness (QED) is 0.905. The van der Waals surface area contributed by atoms with Crippen LogP contribution in [-0.4, -0.2) is 46.1 Å². The summed E-state index contributed by atoms with van der Waals surface area (Å²) < 4.78 is 3.98. The van der Waals surface area contributed by atoms with Gasteiger partial charge in [-0.25, -0.2) is 0 Å². The average molecular weight is 296 g/mol. The molecular formula is C14H24N4OS. The number of hydrogen-bond donors (Lipinski definition) is 1. The molecule has 1 aliphatic rings. The summed E-state index contributed by atoms with van der Waals surface area (Å²) in [6, 6.07) is 0.304. The number of amides is 1. The van der Waals surface area contributed by atoms with E-state index in [4.69, 9.17) is 0 Å². The monoisotopic (exact) mass is 296 g/mol. The molecule has 1 unspecified atom stereocenters. The number of nitrogens with one attached hydrogen (secondary N) is 1. The summed E-state index contributed by atoms with van der Waals surface area (Å²) in [4.78, 5) is 15.6. The van der Waals surface area contributed by atoms with Gasteiger partial charge in [-0.15, -0.1) is 5.10 Å². The van der Waals surface area contributed by atoms with Gasteiger partial charge in [0.2, 0.25) is 0 Å². The maximum Gasteiger partial charge on any atom is 0.267 e. The smallest absolute Gasteiger partial charge is 0.267 e. The van der Waals surface area contributed by atoms with E-state index in [0.29, 0.717) is 6.04 Å². The largest absolute Gasteiger partial charge is 0.334 e. The third-order valence-corrected chi connectivity index (χ3v) is 4.42. The minimum absolute atomic E-state index is 0.110. The van der Waals surface area contributed by atoms with Crippen molar-refractivity contribution < 1.29 is 4.79 Å². The lowest BCUT2D eigenvalue weighted by Crippen LogP contribution is -2.49. The molecule has 2 heterocycles. The molecule has 0 bridgehead atoms. The first-order valence-corrected chi connectivity index (χ1v) is 8.26. The van der Waals surface area contributed by atoms with Gasteiger partial charge in [0.25, 0.3) is 5.91 Å². The fourth-order valence-electron chi connectivity index (χ4n) is 2.64. The molecule has 6 heteroatoms. The van der Waals surface area contributed by atoms with E-state index in [1.165, 1.54) is 11.5 Å². The number of nitrogens with zero attached hydrogens (tertiary/aromatic N) is 3. The maximum absolute atomic E-state index is 12.8. The first kappa shape index (κ1) is 15.4. The second-order valence-electron chi connectivity index (χ2n) is 5.64. The third kappa shape index (κ3) is 3.35. The Bertz CT molecular complexity index is 440. The maximum atomic E-state index is 12.8. The molecule has 1 aromatic rings. The molecule has 1 fully saturated rings. The zero-order chi connectivity index (χ0) is 14.5. The number of carbonyl (C=O) groups is 1. The van der Waals surface area contributed by atoms with E-state index < -0.39 is 0 Å². The molecule has 0 aromatic carbocycles. The molecule has 0 aliphatic carbocycles. The second-order valence-corrected chi connectivity index (χ2v) is 6.39. The molecule has 1 N–H and O–H groups in total. The average Bonchev–Trinajstić information content (AvgIpc) is 2.94. The standard InChI is InChI=1S/C14H24N4OS/c1-4-8-18(11-6-5-7-15-9-11)14(19)13-12(10(2)3)16-17-20-13/h10-11,15H,4-9H2,1-3H3. The summed E-state index contributed by atoms with van der Waals surface area (Å²) in [5, 5.41) is 7.52. The van der Waals surface area contributed by atoms with Gasteiger partial charge in [0.05, 0.1) is 5.69 Å². The Hall–Kier alpha value is -1.01. The van der Waals surface area contributed by atoms with E-state index in [1.54, 1.807) is 0 Å². The zero-order valence-corrected chi connectivity index (χ0v) is 13.4. The summed E-state index contributed by atoms with van der Waals surface area (Å²) in [7, 11) is 0. The van der Waals surface area contributed by atoms with Crippen LogP contribution in [0, 0.1) is 0 Å². The van der Waals surface area contributed by atoms with Crippen molar-refractivity contribution in [2.75, 3.05) is 19.6 Å². The fraction of sp³-hybridized carbons (Fsp3) is 0.786. The Balaban J connectivity index is 2.19. The highest BCUT2D eigenvalue weighted by Crippen LogP contribution is 2.23. The van der Waals surface area contributed by atoms with Crippen molar-refractivity contribution in [3.8, 4) is 0 Å². The van der Waals surface area contributed by atoms with Gasteiger partial charge < -0.3 is 10.2 Å². The molecular weight excluding hydrogens is 272 g/mol. The van der Waals surface area contributed by atoms with Crippen LogP contribution in [0.25, 0.3) is 0 Å². The highest BCUT2D eigenvalue weighted by Gasteiger charge is 2.29. The molecule has 2 rings (SSSR count). The highest BCUT2D eigenvalue weighted by molar-refractivity contribution is 7.08. The Kier molecular flexibility index (Phi) is 5.48. The lowest BCUT2D eigenvalue weighted by atomic mass is 10.0. The summed E-state index contributed by atoms with van der Waals surface area (Å²) in [5.74, 6) is 0.347. The minimum atomic E-state index is 0.110. The predicted octanol–water partition coefficient (Wildman–Crippen LogP) is 2.27. The van der Waals surface area contributed by atoms with Crippen molar-refractivity contribution in [3.63, 3.8) is 0 Å². The Labute approximate surface area is 124 Å².